The molecule has 1 aromatic carbocycles. The molecule has 1 fully saturated rings. The maximum Gasteiger partial charge on any atom is 0.393 e. The van der Waals surface area contributed by atoms with Gasteiger partial charge in [0, 0.05) is 24.5 Å². The maximum atomic E-state index is 12.2. The molecule has 9 heteroatoms. The van der Waals surface area contributed by atoms with Gasteiger partial charge in [-0.15, -0.1) is 16.1 Å². The van der Waals surface area contributed by atoms with Crippen LogP contribution in [0.3, 0.4) is 0 Å². The van der Waals surface area contributed by atoms with E-state index in [1.807, 2.05) is 17.5 Å². The molecule has 1 unspecified atom stereocenters. The highest BCUT2D eigenvalue weighted by atomic mass is 32.3. The van der Waals surface area contributed by atoms with Gasteiger partial charge < -0.3 is 4.55 Å². The fraction of sp³-hybridized carbons (Fsp3) is 0.474. The third kappa shape index (κ3) is 6.66. The summed E-state index contributed by atoms with van der Waals surface area (Å²) < 4.78 is 62.8. The molecule has 0 amide bonds. The van der Waals surface area contributed by atoms with Crippen LogP contribution in [-0.2, 0) is 21.2 Å². The zero-order valence-corrected chi connectivity index (χ0v) is 16.9. The van der Waals surface area contributed by atoms with Crippen molar-refractivity contribution >= 4 is 21.7 Å². The summed E-state index contributed by atoms with van der Waals surface area (Å²) in [5, 5.41) is 2.04. The number of nitrogens with zero attached hydrogens (tertiary/aromatic N) is 1. The third-order valence-corrected chi connectivity index (χ3v) is 7.08. The van der Waals surface area contributed by atoms with Crippen molar-refractivity contribution < 1.29 is 21.9 Å². The van der Waals surface area contributed by atoms with Gasteiger partial charge in [-0.25, -0.2) is 0 Å². The van der Waals surface area contributed by atoms with Gasteiger partial charge in [0.15, 0.2) is 0 Å². The molecule has 4 nitrogen and oxygen atoms in total. The summed E-state index contributed by atoms with van der Waals surface area (Å²) in [6.07, 6.45) is -4.59. The minimum absolute atomic E-state index is 0.299. The molecule has 28 heavy (non-hydrogen) atoms. The minimum atomic E-state index is -4.46. The van der Waals surface area contributed by atoms with Crippen LogP contribution in [0.25, 0.3) is 10.4 Å². The molecule has 1 atom stereocenters. The first-order valence-electron chi connectivity index (χ1n) is 9.12. The Morgan fingerprint density at radius 1 is 1.21 bits per heavy atom. The number of likely N-dealkylation sites (tertiary alicyclic amines) is 1. The lowest BCUT2D eigenvalue weighted by Gasteiger charge is -2.33. The first-order chi connectivity index (χ1) is 13.2. The van der Waals surface area contributed by atoms with E-state index in [4.69, 9.17) is 0 Å². The quantitative estimate of drug-likeness (QED) is 0.657. The lowest BCUT2D eigenvalue weighted by molar-refractivity contribution is -0.130. The van der Waals surface area contributed by atoms with Gasteiger partial charge in [0.1, 0.15) is 16.2 Å². The molecule has 154 valence electrons. The molecule has 1 aromatic heterocycles. The number of sulfonamides is 1. The molecule has 0 aliphatic carbocycles. The molecule has 2 heterocycles. The van der Waals surface area contributed by atoms with Crippen molar-refractivity contribution in [1.82, 2.24) is 9.62 Å². The van der Waals surface area contributed by atoms with E-state index >= 15 is 0 Å². The van der Waals surface area contributed by atoms with E-state index in [0.717, 1.165) is 6.54 Å². The SMILES string of the molecule is O=[S+]([O-])(CCC(F)(F)F)NC1CCN(Cc2cccc(-c3cccs3)c2)CC1. The number of benzene rings is 1. The summed E-state index contributed by atoms with van der Waals surface area (Å²) >= 11 is 1.69. The smallest absolute Gasteiger partial charge is 0.393 e. The van der Waals surface area contributed by atoms with E-state index in [-0.39, 0.29) is 6.04 Å². The van der Waals surface area contributed by atoms with E-state index in [1.165, 1.54) is 16.0 Å². The molecule has 0 bridgehead atoms. The van der Waals surface area contributed by atoms with Crippen molar-refractivity contribution in [2.45, 2.75) is 38.0 Å². The van der Waals surface area contributed by atoms with Gasteiger partial charge in [0.25, 0.3) is 0 Å². The van der Waals surface area contributed by atoms with Crippen molar-refractivity contribution in [1.29, 1.82) is 0 Å². The van der Waals surface area contributed by atoms with Gasteiger partial charge in [0.05, 0.1) is 12.5 Å². The van der Waals surface area contributed by atoms with Crippen molar-refractivity contribution in [2.24, 2.45) is 0 Å². The van der Waals surface area contributed by atoms with Gasteiger partial charge in [-0.3, -0.25) is 4.90 Å². The van der Waals surface area contributed by atoms with Crippen molar-refractivity contribution in [3.8, 4) is 10.4 Å². The van der Waals surface area contributed by atoms with Gasteiger partial charge in [-0.1, -0.05) is 28.5 Å². The van der Waals surface area contributed by atoms with Crippen LogP contribution in [-0.4, -0.2) is 40.5 Å². The van der Waals surface area contributed by atoms with Gasteiger partial charge in [0.2, 0.25) is 0 Å². The fourth-order valence-electron chi connectivity index (χ4n) is 3.30. The molecule has 3 rings (SSSR count). The second-order valence-electron chi connectivity index (χ2n) is 7.03. The Labute approximate surface area is 168 Å². The molecule has 1 saturated heterocycles. The summed E-state index contributed by atoms with van der Waals surface area (Å²) in [5.41, 5.74) is 2.37. The maximum absolute atomic E-state index is 12.2. The first kappa shape index (κ1) is 21.4. The summed E-state index contributed by atoms with van der Waals surface area (Å²) in [6, 6.07) is 12.2. The number of piperidine rings is 1. The standard InChI is InChI=1S/C19H23F3N2O2S2/c20-19(21,22)8-12-28(25,26)23-17-6-9-24(10-7-17)14-15-3-1-4-16(13-15)18-5-2-11-27-18/h1-5,11,13,17H,6-10,12,14H2,(H-,23,25,26). The second kappa shape index (κ2) is 9.04. The summed E-state index contributed by atoms with van der Waals surface area (Å²) in [7, 11) is -3.91. The van der Waals surface area contributed by atoms with Crippen LogP contribution in [0.15, 0.2) is 41.8 Å². The zero-order chi connectivity index (χ0) is 20.2. The highest BCUT2D eigenvalue weighted by molar-refractivity contribution is 7.95. The van der Waals surface area contributed by atoms with Crippen LogP contribution in [0.2, 0.25) is 0 Å². The third-order valence-electron chi connectivity index (χ3n) is 4.73. The zero-order valence-electron chi connectivity index (χ0n) is 15.3. The molecular weight excluding hydrogens is 409 g/mol. The molecule has 1 aliphatic heterocycles. The summed E-state index contributed by atoms with van der Waals surface area (Å²) in [6.45, 7) is 2.18. The lowest BCUT2D eigenvalue weighted by atomic mass is 10.0. The van der Waals surface area contributed by atoms with E-state index in [0.29, 0.717) is 25.9 Å². The predicted octanol–water partition coefficient (Wildman–Crippen LogP) is 4.47. The van der Waals surface area contributed by atoms with Crippen LogP contribution in [0.5, 0.6) is 0 Å². The number of hydrogen-bond donors (Lipinski definition) is 1. The lowest BCUT2D eigenvalue weighted by Crippen LogP contribution is -2.47. The van der Waals surface area contributed by atoms with E-state index in [9.17, 15) is 21.9 Å². The van der Waals surface area contributed by atoms with E-state index in [1.54, 1.807) is 11.3 Å². The normalized spacial score (nSPS) is 18.9. The number of alkyl halides is 3. The minimum Gasteiger partial charge on any atom is -0.598 e. The topological polar surface area (TPSA) is 55.4 Å². The largest absolute Gasteiger partial charge is 0.598 e. The average molecular weight is 433 g/mol. The Bertz CT molecular complexity index is 804. The Morgan fingerprint density at radius 2 is 1.96 bits per heavy atom. The van der Waals surface area contributed by atoms with Gasteiger partial charge in [-0.2, -0.15) is 13.2 Å². The van der Waals surface area contributed by atoms with Crippen molar-refractivity contribution in [3.63, 3.8) is 0 Å². The van der Waals surface area contributed by atoms with Crippen LogP contribution >= 0.6 is 11.3 Å². The van der Waals surface area contributed by atoms with Crippen LogP contribution in [0, 0.1) is 0 Å². The van der Waals surface area contributed by atoms with Crippen molar-refractivity contribution in [2.75, 3.05) is 18.8 Å². The monoisotopic (exact) mass is 432 g/mol. The van der Waals surface area contributed by atoms with Crippen LogP contribution < -0.4 is 4.72 Å². The number of thiophene rings is 1. The summed E-state index contributed by atoms with van der Waals surface area (Å²) in [5.74, 6) is -0.910. The molecule has 0 saturated carbocycles. The Morgan fingerprint density at radius 3 is 2.61 bits per heavy atom. The second-order valence-corrected chi connectivity index (χ2v) is 9.85. The van der Waals surface area contributed by atoms with Crippen molar-refractivity contribution in [3.05, 3.63) is 47.3 Å². The first-order valence-corrected chi connectivity index (χ1v) is 11.7. The van der Waals surface area contributed by atoms with Crippen LogP contribution in [0.1, 0.15) is 24.8 Å². The number of nitrogens with one attached hydrogen (secondary N) is 1. The number of rotatable bonds is 7. The average Bonchev–Trinajstić information content (AvgIpc) is 3.16. The Balaban J connectivity index is 1.48. The van der Waals surface area contributed by atoms with E-state index < -0.39 is 28.7 Å². The van der Waals surface area contributed by atoms with Crippen LogP contribution in [0.4, 0.5) is 13.2 Å². The summed E-state index contributed by atoms with van der Waals surface area (Å²) in [4.78, 5) is 3.46. The molecular formula is C19H23F3N2O2S2. The number of halogens is 3. The number of hydrogen-bond acceptors (Lipinski definition) is 4. The molecule has 2 aromatic rings. The molecule has 0 radical (unpaired) electrons. The Hall–Kier alpha value is -1.26. The van der Waals surface area contributed by atoms with E-state index in [2.05, 4.69) is 33.9 Å². The fourth-order valence-corrected chi connectivity index (χ4v) is 5.38. The molecule has 1 aliphatic rings. The highest BCUT2D eigenvalue weighted by Gasteiger charge is 2.33. The molecule has 0 spiro atoms. The van der Waals surface area contributed by atoms with Gasteiger partial charge >= 0.3 is 6.18 Å². The van der Waals surface area contributed by atoms with Gasteiger partial charge in [-0.05, 0) is 41.5 Å². The predicted molar refractivity (Wildman–Crippen MR) is 106 cm³/mol. The highest BCUT2D eigenvalue weighted by Crippen LogP contribution is 2.26. The molecule has 1 N–H and O–H groups in total. The Kier molecular flexibility index (Phi) is 6.93.